The molecule has 0 saturated carbocycles. The van der Waals surface area contributed by atoms with E-state index in [-0.39, 0.29) is 24.0 Å². The van der Waals surface area contributed by atoms with Crippen LogP contribution in [-0.2, 0) is 6.54 Å². The highest BCUT2D eigenvalue weighted by Gasteiger charge is 2.31. The number of halogens is 1. The predicted octanol–water partition coefficient (Wildman–Crippen LogP) is 2.24. The van der Waals surface area contributed by atoms with Gasteiger partial charge in [-0.05, 0) is 51.4 Å². The average molecular weight is 530 g/mol. The average Bonchev–Trinajstić information content (AvgIpc) is 3.08. The molecule has 8 heteroatoms. The van der Waals surface area contributed by atoms with Crippen molar-refractivity contribution in [2.75, 3.05) is 57.8 Å². The first kappa shape index (κ1) is 25.1. The molecule has 2 saturated heterocycles. The van der Waals surface area contributed by atoms with Gasteiger partial charge in [-0.3, -0.25) is 4.90 Å². The normalized spacial score (nSPS) is 23.5. The number of hydrogen-bond acceptors (Lipinski definition) is 5. The summed E-state index contributed by atoms with van der Waals surface area (Å²) in [5, 5.41) is 7.09. The molecule has 3 rings (SSSR count). The molecule has 2 fully saturated rings. The minimum absolute atomic E-state index is 0. The van der Waals surface area contributed by atoms with Crippen molar-refractivity contribution in [3.63, 3.8) is 0 Å². The molecule has 2 N–H and O–H groups in total. The number of rotatable bonds is 6. The molecule has 30 heavy (non-hydrogen) atoms. The van der Waals surface area contributed by atoms with Gasteiger partial charge in [0.2, 0.25) is 0 Å². The van der Waals surface area contributed by atoms with Crippen molar-refractivity contribution in [1.29, 1.82) is 0 Å². The van der Waals surface area contributed by atoms with Gasteiger partial charge in [0.1, 0.15) is 5.82 Å². The maximum Gasteiger partial charge on any atom is 0.191 e. The Labute approximate surface area is 199 Å². The smallest absolute Gasteiger partial charge is 0.191 e. The van der Waals surface area contributed by atoms with Crippen LogP contribution in [-0.4, -0.2) is 85.7 Å². The first-order chi connectivity index (χ1) is 14.0. The van der Waals surface area contributed by atoms with E-state index in [1.807, 2.05) is 6.20 Å². The number of anilines is 1. The molecule has 0 amide bonds. The van der Waals surface area contributed by atoms with Gasteiger partial charge < -0.3 is 20.4 Å². The summed E-state index contributed by atoms with van der Waals surface area (Å²) in [6.45, 7) is 17.0. The van der Waals surface area contributed by atoms with Gasteiger partial charge in [-0.15, -0.1) is 24.0 Å². The third-order valence-electron chi connectivity index (χ3n) is 6.09. The lowest BCUT2D eigenvalue weighted by molar-refractivity contribution is 0.265. The molecule has 0 radical (unpaired) electrons. The van der Waals surface area contributed by atoms with Crippen molar-refractivity contribution in [3.8, 4) is 0 Å². The zero-order chi connectivity index (χ0) is 20.8. The molecular weight excluding hydrogens is 489 g/mol. The molecule has 2 unspecified atom stereocenters. The Balaban J connectivity index is 0.00000320. The Morgan fingerprint density at radius 3 is 2.60 bits per heavy atom. The van der Waals surface area contributed by atoms with Crippen LogP contribution in [0.1, 0.15) is 33.3 Å². The fourth-order valence-corrected chi connectivity index (χ4v) is 4.05. The molecule has 2 aliphatic rings. The van der Waals surface area contributed by atoms with Gasteiger partial charge in [-0.2, -0.15) is 0 Å². The van der Waals surface area contributed by atoms with Crippen LogP contribution in [0.25, 0.3) is 0 Å². The number of pyridine rings is 1. The second-order valence-corrected chi connectivity index (χ2v) is 8.78. The number of nitrogens with one attached hydrogen (secondary N) is 2. The van der Waals surface area contributed by atoms with E-state index in [1.54, 1.807) is 0 Å². The van der Waals surface area contributed by atoms with Crippen LogP contribution >= 0.6 is 24.0 Å². The number of aliphatic imine (C=N–C) groups is 1. The van der Waals surface area contributed by atoms with Crippen LogP contribution in [0, 0.1) is 5.92 Å². The van der Waals surface area contributed by atoms with Gasteiger partial charge in [0, 0.05) is 64.1 Å². The zero-order valence-electron chi connectivity index (χ0n) is 19.3. The molecule has 0 spiro atoms. The van der Waals surface area contributed by atoms with Crippen molar-refractivity contribution in [1.82, 2.24) is 25.4 Å². The van der Waals surface area contributed by atoms with Crippen molar-refractivity contribution >= 4 is 35.8 Å². The van der Waals surface area contributed by atoms with E-state index in [0.29, 0.717) is 24.5 Å². The minimum atomic E-state index is 0. The molecule has 0 aromatic carbocycles. The van der Waals surface area contributed by atoms with Gasteiger partial charge >= 0.3 is 0 Å². The van der Waals surface area contributed by atoms with Gasteiger partial charge in [0.25, 0.3) is 0 Å². The van der Waals surface area contributed by atoms with Crippen LogP contribution in [0.5, 0.6) is 0 Å². The summed E-state index contributed by atoms with van der Waals surface area (Å²) in [5.41, 5.74) is 1.20. The Hall–Kier alpha value is -1.13. The largest absolute Gasteiger partial charge is 0.357 e. The second kappa shape index (κ2) is 12.0. The Bertz CT molecular complexity index is 673. The number of piperazine rings is 1. The summed E-state index contributed by atoms with van der Waals surface area (Å²) in [4.78, 5) is 16.7. The Kier molecular flexibility index (Phi) is 10.1. The fraction of sp³-hybridized carbons (Fsp3) is 0.727. The standard InChI is InChI=1S/C22H39N7.HI/c1-6-23-22(26-20-16-29(17(2)3)15-18(20)4)25-14-19-7-8-24-21(13-19)28-11-9-27(5)10-12-28;/h7-8,13,17-18,20H,6,9-12,14-16H2,1-5H3,(H2,23,25,26);1H. The molecule has 2 atom stereocenters. The first-order valence-corrected chi connectivity index (χ1v) is 11.1. The van der Waals surface area contributed by atoms with Crippen molar-refractivity contribution in [3.05, 3.63) is 23.9 Å². The third-order valence-corrected chi connectivity index (χ3v) is 6.09. The van der Waals surface area contributed by atoms with E-state index in [2.05, 4.69) is 77.2 Å². The van der Waals surface area contributed by atoms with Gasteiger partial charge in [0.15, 0.2) is 5.96 Å². The summed E-state index contributed by atoms with van der Waals surface area (Å²) in [6.07, 6.45) is 1.92. The van der Waals surface area contributed by atoms with Crippen molar-refractivity contribution in [2.24, 2.45) is 10.9 Å². The van der Waals surface area contributed by atoms with Crippen LogP contribution in [0.15, 0.2) is 23.3 Å². The number of nitrogens with zero attached hydrogens (tertiary/aromatic N) is 5. The summed E-state index contributed by atoms with van der Waals surface area (Å²) < 4.78 is 0. The highest BCUT2D eigenvalue weighted by molar-refractivity contribution is 14.0. The number of guanidine groups is 1. The Morgan fingerprint density at radius 2 is 1.97 bits per heavy atom. The van der Waals surface area contributed by atoms with E-state index >= 15 is 0 Å². The number of likely N-dealkylation sites (N-methyl/N-ethyl adjacent to an activating group) is 1. The highest BCUT2D eigenvalue weighted by Crippen LogP contribution is 2.19. The van der Waals surface area contributed by atoms with Crippen molar-refractivity contribution in [2.45, 2.75) is 46.3 Å². The topological polar surface area (TPSA) is 59.0 Å². The van der Waals surface area contributed by atoms with E-state index in [1.165, 1.54) is 5.56 Å². The lowest BCUT2D eigenvalue weighted by Gasteiger charge is -2.33. The molecule has 1 aromatic heterocycles. The molecule has 0 bridgehead atoms. The maximum absolute atomic E-state index is 4.87. The zero-order valence-corrected chi connectivity index (χ0v) is 21.6. The minimum Gasteiger partial charge on any atom is -0.357 e. The molecule has 0 aliphatic carbocycles. The molecular formula is C22H40IN7. The molecule has 170 valence electrons. The van der Waals surface area contributed by atoms with E-state index in [4.69, 9.17) is 4.99 Å². The lowest BCUT2D eigenvalue weighted by Crippen LogP contribution is -2.46. The number of aromatic nitrogens is 1. The van der Waals surface area contributed by atoms with Gasteiger partial charge in [-0.1, -0.05) is 6.92 Å². The Morgan fingerprint density at radius 1 is 1.23 bits per heavy atom. The lowest BCUT2D eigenvalue weighted by atomic mass is 10.1. The third kappa shape index (κ3) is 6.95. The maximum atomic E-state index is 4.87. The molecule has 1 aromatic rings. The van der Waals surface area contributed by atoms with Gasteiger partial charge in [-0.25, -0.2) is 9.98 Å². The fourth-order valence-electron chi connectivity index (χ4n) is 4.05. The molecule has 2 aliphatic heterocycles. The van der Waals surface area contributed by atoms with Crippen LogP contribution in [0.4, 0.5) is 5.82 Å². The van der Waals surface area contributed by atoms with E-state index in [0.717, 1.165) is 57.6 Å². The van der Waals surface area contributed by atoms with E-state index in [9.17, 15) is 0 Å². The number of hydrogen-bond donors (Lipinski definition) is 2. The van der Waals surface area contributed by atoms with Gasteiger partial charge in [0.05, 0.1) is 6.54 Å². The first-order valence-electron chi connectivity index (χ1n) is 11.1. The number of likely N-dealkylation sites (tertiary alicyclic amines) is 1. The van der Waals surface area contributed by atoms with Crippen LogP contribution in [0.2, 0.25) is 0 Å². The summed E-state index contributed by atoms with van der Waals surface area (Å²) in [6, 6.07) is 5.30. The monoisotopic (exact) mass is 529 g/mol. The summed E-state index contributed by atoms with van der Waals surface area (Å²) >= 11 is 0. The molecule has 3 heterocycles. The molecule has 7 nitrogen and oxygen atoms in total. The SMILES string of the molecule is CCNC(=NCc1ccnc(N2CCN(C)CC2)c1)NC1CN(C(C)C)CC1C.I. The van der Waals surface area contributed by atoms with Crippen LogP contribution < -0.4 is 15.5 Å². The van der Waals surface area contributed by atoms with Crippen molar-refractivity contribution < 1.29 is 0 Å². The highest BCUT2D eigenvalue weighted by atomic mass is 127. The quantitative estimate of drug-likeness (QED) is 0.335. The second-order valence-electron chi connectivity index (χ2n) is 8.78. The predicted molar refractivity (Wildman–Crippen MR) is 137 cm³/mol. The summed E-state index contributed by atoms with van der Waals surface area (Å²) in [7, 11) is 2.18. The summed E-state index contributed by atoms with van der Waals surface area (Å²) in [5.74, 6) is 2.60. The van der Waals surface area contributed by atoms with E-state index < -0.39 is 0 Å². The van der Waals surface area contributed by atoms with Crippen LogP contribution in [0.3, 0.4) is 0 Å².